The number of hydrogen-bond donors (Lipinski definition) is 1. The summed E-state index contributed by atoms with van der Waals surface area (Å²) in [5, 5.41) is 11.3. The van der Waals surface area contributed by atoms with Gasteiger partial charge in [0.1, 0.15) is 29.3 Å². The molecule has 4 rings (SSSR count). The minimum atomic E-state index is -1.03. The summed E-state index contributed by atoms with van der Waals surface area (Å²) < 4.78 is 13.1. The van der Waals surface area contributed by atoms with Gasteiger partial charge in [-0.3, -0.25) is 14.5 Å². The van der Waals surface area contributed by atoms with Gasteiger partial charge in [0.15, 0.2) is 6.04 Å². The third-order valence-corrected chi connectivity index (χ3v) is 5.94. The Bertz CT molecular complexity index is 1360. The molecule has 194 valence electrons. The molecule has 9 heteroatoms. The molecule has 0 fully saturated rings. The van der Waals surface area contributed by atoms with Gasteiger partial charge in [-0.2, -0.15) is 0 Å². The molecule has 0 radical (unpaired) electrons. The van der Waals surface area contributed by atoms with Crippen LogP contribution in [0.3, 0.4) is 0 Å². The molecule has 1 N–H and O–H groups in total. The number of para-hydroxylation sites is 1. The fourth-order valence-corrected chi connectivity index (χ4v) is 4.12. The number of fused-ring (bicyclic) bond motifs is 1. The average molecular weight is 504 g/mol. The summed E-state index contributed by atoms with van der Waals surface area (Å²) in [4.78, 5) is 29.1. The molecule has 1 unspecified atom stereocenters. The van der Waals surface area contributed by atoms with Crippen LogP contribution in [0, 0.1) is 12.8 Å². The van der Waals surface area contributed by atoms with Crippen molar-refractivity contribution in [2.75, 3.05) is 18.1 Å². The van der Waals surface area contributed by atoms with Crippen LogP contribution in [0.5, 0.6) is 5.75 Å². The second-order valence-electron chi connectivity index (χ2n) is 9.25. The average Bonchev–Trinajstić information content (AvgIpc) is 3.48. The second-order valence-corrected chi connectivity index (χ2v) is 9.25. The van der Waals surface area contributed by atoms with Crippen molar-refractivity contribution in [3.05, 3.63) is 72.2 Å². The fraction of sp³-hybridized carbons (Fsp3) is 0.357. The van der Waals surface area contributed by atoms with Crippen LogP contribution in [0.4, 0.5) is 5.69 Å². The van der Waals surface area contributed by atoms with Gasteiger partial charge in [-0.05, 0) is 62.6 Å². The maximum atomic E-state index is 14.0. The molecule has 0 aliphatic rings. The lowest BCUT2D eigenvalue weighted by Crippen LogP contribution is -2.45. The van der Waals surface area contributed by atoms with Crippen LogP contribution in [-0.4, -0.2) is 40.0 Å². The number of hydrogen-bond acceptors (Lipinski definition) is 6. The SMILES string of the molecule is CCOc1cccc(N(C(=O)Cn2nnc3ccccc32)C(C(=O)NCCC(C)C)c2ccc(C)o2)c1. The number of rotatable bonds is 11. The molecule has 0 saturated heterocycles. The van der Waals surface area contributed by atoms with Crippen LogP contribution in [0.2, 0.25) is 0 Å². The van der Waals surface area contributed by atoms with Crippen LogP contribution < -0.4 is 15.0 Å². The molecule has 0 aliphatic carbocycles. The number of nitrogens with zero attached hydrogens (tertiary/aromatic N) is 4. The summed E-state index contributed by atoms with van der Waals surface area (Å²) in [5.41, 5.74) is 1.92. The number of ether oxygens (including phenoxy) is 1. The minimum Gasteiger partial charge on any atom is -0.494 e. The van der Waals surface area contributed by atoms with Gasteiger partial charge in [0.2, 0.25) is 5.91 Å². The molecule has 0 aliphatic heterocycles. The number of anilines is 1. The maximum absolute atomic E-state index is 14.0. The van der Waals surface area contributed by atoms with E-state index < -0.39 is 6.04 Å². The van der Waals surface area contributed by atoms with Gasteiger partial charge in [-0.25, -0.2) is 4.68 Å². The highest BCUT2D eigenvalue weighted by Gasteiger charge is 2.35. The molecule has 2 aromatic carbocycles. The van der Waals surface area contributed by atoms with E-state index in [1.54, 1.807) is 37.3 Å². The molecule has 0 bridgehead atoms. The number of nitrogens with one attached hydrogen (secondary N) is 1. The number of aromatic nitrogens is 3. The molecule has 4 aromatic rings. The van der Waals surface area contributed by atoms with Crippen molar-refractivity contribution in [3.63, 3.8) is 0 Å². The first-order chi connectivity index (χ1) is 17.9. The molecule has 1 atom stereocenters. The molecular weight excluding hydrogens is 470 g/mol. The van der Waals surface area contributed by atoms with Crippen molar-refractivity contribution >= 4 is 28.5 Å². The van der Waals surface area contributed by atoms with Gasteiger partial charge < -0.3 is 14.5 Å². The zero-order valence-corrected chi connectivity index (χ0v) is 21.7. The van der Waals surface area contributed by atoms with Gasteiger partial charge in [0, 0.05) is 18.3 Å². The highest BCUT2D eigenvalue weighted by Crippen LogP contribution is 2.32. The van der Waals surface area contributed by atoms with Crippen molar-refractivity contribution in [2.45, 2.75) is 46.7 Å². The predicted molar refractivity (Wildman–Crippen MR) is 141 cm³/mol. The van der Waals surface area contributed by atoms with E-state index in [0.29, 0.717) is 47.5 Å². The summed E-state index contributed by atoms with van der Waals surface area (Å²) in [6.07, 6.45) is 0.814. The Hall–Kier alpha value is -4.14. The van der Waals surface area contributed by atoms with Gasteiger partial charge in [-0.1, -0.05) is 37.3 Å². The number of amides is 2. The van der Waals surface area contributed by atoms with Crippen LogP contribution in [0.25, 0.3) is 11.0 Å². The zero-order valence-electron chi connectivity index (χ0n) is 21.7. The molecule has 2 heterocycles. The number of benzene rings is 2. The highest BCUT2D eigenvalue weighted by atomic mass is 16.5. The molecule has 2 aromatic heterocycles. The maximum Gasteiger partial charge on any atom is 0.251 e. The molecule has 0 saturated carbocycles. The normalized spacial score (nSPS) is 12.0. The number of aryl methyl sites for hydroxylation is 1. The van der Waals surface area contributed by atoms with Gasteiger partial charge in [0.05, 0.1) is 12.1 Å². The van der Waals surface area contributed by atoms with Crippen LogP contribution >= 0.6 is 0 Å². The molecule has 0 spiro atoms. The second kappa shape index (κ2) is 11.7. The van der Waals surface area contributed by atoms with Crippen LogP contribution in [0.15, 0.2) is 65.1 Å². The number of carbonyl (C=O) groups is 2. The van der Waals surface area contributed by atoms with E-state index in [-0.39, 0.29) is 18.4 Å². The van der Waals surface area contributed by atoms with E-state index in [1.165, 1.54) is 9.58 Å². The predicted octanol–water partition coefficient (Wildman–Crippen LogP) is 4.67. The third-order valence-electron chi connectivity index (χ3n) is 5.94. The first-order valence-electron chi connectivity index (χ1n) is 12.5. The van der Waals surface area contributed by atoms with Crippen LogP contribution in [0.1, 0.15) is 44.8 Å². The Morgan fingerprint density at radius 3 is 2.65 bits per heavy atom. The van der Waals surface area contributed by atoms with Crippen molar-refractivity contribution in [2.24, 2.45) is 5.92 Å². The number of furan rings is 1. The summed E-state index contributed by atoms with van der Waals surface area (Å²) in [6, 6.07) is 17.1. The van der Waals surface area contributed by atoms with Crippen molar-refractivity contribution in [3.8, 4) is 5.75 Å². The minimum absolute atomic E-state index is 0.116. The van der Waals surface area contributed by atoms with E-state index in [2.05, 4.69) is 29.5 Å². The Morgan fingerprint density at radius 1 is 1.11 bits per heavy atom. The van der Waals surface area contributed by atoms with Gasteiger partial charge >= 0.3 is 0 Å². The summed E-state index contributed by atoms with van der Waals surface area (Å²) in [5.74, 6) is 1.37. The Morgan fingerprint density at radius 2 is 1.92 bits per heavy atom. The topological polar surface area (TPSA) is 102 Å². The molecule has 9 nitrogen and oxygen atoms in total. The lowest BCUT2D eigenvalue weighted by Gasteiger charge is -2.30. The first kappa shape index (κ1) is 25.9. The molecule has 2 amide bonds. The smallest absolute Gasteiger partial charge is 0.251 e. The van der Waals surface area contributed by atoms with Crippen molar-refractivity contribution < 1.29 is 18.7 Å². The highest BCUT2D eigenvalue weighted by molar-refractivity contribution is 6.01. The summed E-state index contributed by atoms with van der Waals surface area (Å²) in [6.45, 7) is 8.73. The standard InChI is InChI=1S/C28H33N5O4/c1-5-36-22-10-8-9-21(17-22)33(26(34)18-32-24-12-7-6-11-23(24)30-31-32)27(25-14-13-20(4)37-25)28(35)29-16-15-19(2)3/h6-14,17,19,27H,5,15-16,18H2,1-4H3,(H,29,35). The summed E-state index contributed by atoms with van der Waals surface area (Å²) in [7, 11) is 0. The van der Waals surface area contributed by atoms with Gasteiger partial charge in [-0.15, -0.1) is 5.10 Å². The zero-order chi connectivity index (χ0) is 26.4. The Balaban J connectivity index is 1.76. The van der Waals surface area contributed by atoms with Gasteiger partial charge in [0.25, 0.3) is 5.91 Å². The molecular formula is C28H33N5O4. The van der Waals surface area contributed by atoms with Crippen LogP contribution in [-0.2, 0) is 16.1 Å². The fourth-order valence-electron chi connectivity index (χ4n) is 4.12. The quantitative estimate of drug-likeness (QED) is 0.319. The van der Waals surface area contributed by atoms with E-state index in [0.717, 1.165) is 11.9 Å². The largest absolute Gasteiger partial charge is 0.494 e. The lowest BCUT2D eigenvalue weighted by molar-refractivity contribution is -0.127. The van der Waals surface area contributed by atoms with E-state index >= 15 is 0 Å². The summed E-state index contributed by atoms with van der Waals surface area (Å²) >= 11 is 0. The van der Waals surface area contributed by atoms with E-state index in [9.17, 15) is 9.59 Å². The van der Waals surface area contributed by atoms with E-state index in [4.69, 9.17) is 9.15 Å². The monoisotopic (exact) mass is 503 g/mol. The molecule has 37 heavy (non-hydrogen) atoms. The number of carbonyl (C=O) groups excluding carboxylic acids is 2. The Kier molecular flexibility index (Phi) is 8.22. The van der Waals surface area contributed by atoms with E-state index in [1.807, 2.05) is 37.3 Å². The third kappa shape index (κ3) is 6.17. The first-order valence-corrected chi connectivity index (χ1v) is 12.5. The lowest BCUT2D eigenvalue weighted by atomic mass is 10.1. The Labute approximate surface area is 216 Å². The van der Waals surface area contributed by atoms with Crippen molar-refractivity contribution in [1.29, 1.82) is 0 Å². The van der Waals surface area contributed by atoms with Crippen molar-refractivity contribution in [1.82, 2.24) is 20.3 Å².